The fourth-order valence-electron chi connectivity index (χ4n) is 3.38. The topological polar surface area (TPSA) is 60.7 Å². The molecule has 30 heavy (non-hydrogen) atoms. The first kappa shape index (κ1) is 18.2. The number of hydrogen-bond acceptors (Lipinski definition) is 4. The molecule has 6 heteroatoms. The van der Waals surface area contributed by atoms with Gasteiger partial charge in [-0.1, -0.05) is 54.1 Å². The van der Waals surface area contributed by atoms with Crippen LogP contribution < -0.4 is 5.56 Å². The standard InChI is InChI=1S/C24H15ClN4O/c25-19-11-12-22(27-15-19)29-23(28-21-6-2-1-5-20(21)24(29)30)17-9-7-16(8-10-17)18-4-3-13-26-14-18/h1-15H. The third-order valence-corrected chi connectivity index (χ3v) is 5.08. The van der Waals surface area contributed by atoms with Crippen LogP contribution in [0.5, 0.6) is 0 Å². The number of nitrogens with zero attached hydrogens (tertiary/aromatic N) is 4. The summed E-state index contributed by atoms with van der Waals surface area (Å²) in [6.07, 6.45) is 5.08. The maximum atomic E-state index is 13.3. The summed E-state index contributed by atoms with van der Waals surface area (Å²) in [6, 6.07) is 22.5. The van der Waals surface area contributed by atoms with Gasteiger partial charge in [0.15, 0.2) is 0 Å². The van der Waals surface area contributed by atoms with Gasteiger partial charge in [0.1, 0.15) is 11.6 Å². The largest absolute Gasteiger partial charge is 0.268 e. The number of aromatic nitrogens is 4. The van der Waals surface area contributed by atoms with Crippen LogP contribution in [0.15, 0.2) is 96.2 Å². The van der Waals surface area contributed by atoms with Crippen molar-refractivity contribution in [2.45, 2.75) is 0 Å². The SMILES string of the molecule is O=c1c2ccccc2nc(-c2ccc(-c3cccnc3)cc2)n1-c1ccc(Cl)cn1. The Hall–Kier alpha value is -3.83. The average molecular weight is 411 g/mol. The molecule has 0 saturated heterocycles. The fourth-order valence-corrected chi connectivity index (χ4v) is 3.50. The Bertz CT molecular complexity index is 1400. The lowest BCUT2D eigenvalue weighted by molar-refractivity contribution is 0.932. The minimum absolute atomic E-state index is 0.179. The molecule has 0 aliphatic rings. The van der Waals surface area contributed by atoms with Crippen LogP contribution in [0.25, 0.3) is 39.2 Å². The smallest absolute Gasteiger partial charge is 0.267 e. The zero-order chi connectivity index (χ0) is 20.5. The molecule has 0 radical (unpaired) electrons. The van der Waals surface area contributed by atoms with Gasteiger partial charge in [0.25, 0.3) is 5.56 Å². The third kappa shape index (κ3) is 3.25. The Morgan fingerprint density at radius 2 is 1.57 bits per heavy atom. The summed E-state index contributed by atoms with van der Waals surface area (Å²) < 4.78 is 1.53. The highest BCUT2D eigenvalue weighted by Crippen LogP contribution is 2.25. The number of para-hydroxylation sites is 1. The quantitative estimate of drug-likeness (QED) is 0.412. The molecular formula is C24H15ClN4O. The molecule has 2 aromatic carbocycles. The second-order valence-electron chi connectivity index (χ2n) is 6.75. The first-order chi connectivity index (χ1) is 14.7. The molecule has 0 saturated carbocycles. The van der Waals surface area contributed by atoms with E-state index in [4.69, 9.17) is 16.6 Å². The molecular weight excluding hydrogens is 396 g/mol. The van der Waals surface area contributed by atoms with Crippen molar-refractivity contribution in [2.75, 3.05) is 0 Å². The summed E-state index contributed by atoms with van der Waals surface area (Å²) in [5.41, 5.74) is 3.32. The minimum atomic E-state index is -0.179. The van der Waals surface area contributed by atoms with Gasteiger partial charge in [0.2, 0.25) is 0 Å². The van der Waals surface area contributed by atoms with Crippen molar-refractivity contribution in [2.24, 2.45) is 0 Å². The first-order valence-electron chi connectivity index (χ1n) is 9.35. The highest BCUT2D eigenvalue weighted by Gasteiger charge is 2.15. The maximum absolute atomic E-state index is 13.3. The van der Waals surface area contributed by atoms with Crippen LogP contribution in [0, 0.1) is 0 Å². The summed E-state index contributed by atoms with van der Waals surface area (Å²) in [5.74, 6) is 0.986. The van der Waals surface area contributed by atoms with Gasteiger partial charge in [-0.05, 0) is 41.5 Å². The van der Waals surface area contributed by atoms with Gasteiger partial charge >= 0.3 is 0 Å². The molecule has 0 aliphatic heterocycles. The molecule has 0 bridgehead atoms. The molecule has 3 heterocycles. The highest BCUT2D eigenvalue weighted by atomic mass is 35.5. The molecule has 0 spiro atoms. The summed E-state index contributed by atoms with van der Waals surface area (Å²) in [6.45, 7) is 0. The third-order valence-electron chi connectivity index (χ3n) is 4.85. The summed E-state index contributed by atoms with van der Waals surface area (Å²) in [5, 5.41) is 1.04. The molecule has 5 nitrogen and oxygen atoms in total. The molecule has 0 amide bonds. The molecule has 144 valence electrons. The molecule has 0 aliphatic carbocycles. The zero-order valence-electron chi connectivity index (χ0n) is 15.7. The van der Waals surface area contributed by atoms with Crippen LogP contribution in [-0.4, -0.2) is 19.5 Å². The zero-order valence-corrected chi connectivity index (χ0v) is 16.5. The van der Waals surface area contributed by atoms with Crippen molar-refractivity contribution >= 4 is 22.5 Å². The summed E-state index contributed by atoms with van der Waals surface area (Å²) in [7, 11) is 0. The molecule has 0 fully saturated rings. The van der Waals surface area contributed by atoms with E-state index >= 15 is 0 Å². The van der Waals surface area contributed by atoms with Crippen LogP contribution in [0.3, 0.4) is 0 Å². The van der Waals surface area contributed by atoms with E-state index in [0.717, 1.165) is 16.7 Å². The second kappa shape index (κ2) is 7.54. The van der Waals surface area contributed by atoms with E-state index in [9.17, 15) is 4.79 Å². The van der Waals surface area contributed by atoms with Crippen LogP contribution in [0.2, 0.25) is 5.02 Å². The van der Waals surface area contributed by atoms with Crippen LogP contribution in [0.4, 0.5) is 0 Å². The van der Waals surface area contributed by atoms with Gasteiger partial charge < -0.3 is 0 Å². The normalized spacial score (nSPS) is 11.0. The molecule has 0 unspecified atom stereocenters. The second-order valence-corrected chi connectivity index (χ2v) is 7.18. The van der Waals surface area contributed by atoms with Crippen LogP contribution >= 0.6 is 11.6 Å². The van der Waals surface area contributed by atoms with Crippen molar-refractivity contribution in [3.63, 3.8) is 0 Å². The predicted molar refractivity (Wildman–Crippen MR) is 119 cm³/mol. The Morgan fingerprint density at radius 1 is 0.767 bits per heavy atom. The molecule has 3 aromatic heterocycles. The Balaban J connectivity index is 1.73. The minimum Gasteiger partial charge on any atom is -0.268 e. The van der Waals surface area contributed by atoms with E-state index in [2.05, 4.69) is 9.97 Å². The van der Waals surface area contributed by atoms with Gasteiger partial charge in [-0.3, -0.25) is 9.78 Å². The lowest BCUT2D eigenvalue weighted by Crippen LogP contribution is -2.22. The Kier molecular flexibility index (Phi) is 4.58. The number of fused-ring (bicyclic) bond motifs is 1. The van der Waals surface area contributed by atoms with E-state index in [1.54, 1.807) is 24.4 Å². The van der Waals surface area contributed by atoms with E-state index in [-0.39, 0.29) is 5.56 Å². The fraction of sp³-hybridized carbons (Fsp3) is 0. The summed E-state index contributed by atoms with van der Waals surface area (Å²) >= 11 is 6.00. The predicted octanol–water partition coefficient (Wildman–Crippen LogP) is 5.16. The van der Waals surface area contributed by atoms with Gasteiger partial charge in [-0.25, -0.2) is 14.5 Å². The first-order valence-corrected chi connectivity index (χ1v) is 9.73. The van der Waals surface area contributed by atoms with Crippen molar-refractivity contribution in [3.05, 3.63) is 107 Å². The molecule has 0 N–H and O–H groups in total. The number of rotatable bonds is 3. The van der Waals surface area contributed by atoms with Gasteiger partial charge in [-0.15, -0.1) is 0 Å². The summed E-state index contributed by atoms with van der Waals surface area (Å²) in [4.78, 5) is 26.6. The van der Waals surface area contributed by atoms with E-state index in [1.165, 1.54) is 10.8 Å². The molecule has 5 rings (SSSR count). The van der Waals surface area contributed by atoms with E-state index in [1.807, 2.05) is 60.8 Å². The molecule has 5 aromatic rings. The monoisotopic (exact) mass is 410 g/mol. The number of pyridine rings is 2. The lowest BCUT2D eigenvalue weighted by Gasteiger charge is -2.13. The Morgan fingerprint density at radius 3 is 2.30 bits per heavy atom. The van der Waals surface area contributed by atoms with E-state index < -0.39 is 0 Å². The van der Waals surface area contributed by atoms with Gasteiger partial charge in [-0.2, -0.15) is 0 Å². The van der Waals surface area contributed by atoms with Crippen LogP contribution in [0.1, 0.15) is 0 Å². The van der Waals surface area contributed by atoms with Crippen molar-refractivity contribution in [1.29, 1.82) is 0 Å². The number of hydrogen-bond donors (Lipinski definition) is 0. The Labute approximate surface area is 177 Å². The van der Waals surface area contributed by atoms with Gasteiger partial charge in [0, 0.05) is 24.2 Å². The van der Waals surface area contributed by atoms with Crippen molar-refractivity contribution < 1.29 is 0 Å². The number of benzene rings is 2. The van der Waals surface area contributed by atoms with Crippen molar-refractivity contribution in [1.82, 2.24) is 19.5 Å². The molecule has 0 atom stereocenters. The maximum Gasteiger partial charge on any atom is 0.267 e. The lowest BCUT2D eigenvalue weighted by atomic mass is 10.1. The van der Waals surface area contributed by atoms with Gasteiger partial charge in [0.05, 0.1) is 15.9 Å². The van der Waals surface area contributed by atoms with Crippen molar-refractivity contribution in [3.8, 4) is 28.3 Å². The van der Waals surface area contributed by atoms with E-state index in [0.29, 0.717) is 27.6 Å². The average Bonchev–Trinajstić information content (AvgIpc) is 2.81. The highest BCUT2D eigenvalue weighted by molar-refractivity contribution is 6.30. The van der Waals surface area contributed by atoms with Crippen LogP contribution in [-0.2, 0) is 0 Å². The number of halogens is 1.